The first kappa shape index (κ1) is 17.3. The van der Waals surface area contributed by atoms with Gasteiger partial charge in [0.2, 0.25) is 0 Å². The predicted octanol–water partition coefficient (Wildman–Crippen LogP) is 2.95. The number of carbonyl (C=O) groups excluding carboxylic acids is 1. The summed E-state index contributed by atoms with van der Waals surface area (Å²) in [4.78, 5) is 12.4. The van der Waals surface area contributed by atoms with Crippen molar-refractivity contribution in [2.45, 2.75) is 38.1 Å². The van der Waals surface area contributed by atoms with Gasteiger partial charge in [-0.05, 0) is 30.7 Å². The lowest BCUT2D eigenvalue weighted by molar-refractivity contribution is -0.297. The zero-order valence-corrected chi connectivity index (χ0v) is 12.7. The van der Waals surface area contributed by atoms with Gasteiger partial charge in [-0.3, -0.25) is 4.79 Å². The Morgan fingerprint density at radius 1 is 1.39 bits per heavy atom. The lowest BCUT2D eigenvalue weighted by Gasteiger charge is -2.32. The summed E-state index contributed by atoms with van der Waals surface area (Å²) in [6, 6.07) is 5.55. The first-order valence-electron chi connectivity index (χ1n) is 7.07. The zero-order valence-electron chi connectivity index (χ0n) is 12.7. The van der Waals surface area contributed by atoms with Crippen molar-refractivity contribution in [3.63, 3.8) is 0 Å². The fourth-order valence-corrected chi connectivity index (χ4v) is 2.34. The maximum absolute atomic E-state index is 13.3. The van der Waals surface area contributed by atoms with Crippen LogP contribution in [0, 0.1) is 0 Å². The van der Waals surface area contributed by atoms with E-state index >= 15 is 0 Å². The third-order valence-corrected chi connectivity index (χ3v) is 3.56. The number of benzene rings is 1. The minimum absolute atomic E-state index is 0.0185. The molecule has 1 aromatic rings. The Balaban J connectivity index is 2.36. The topological polar surface area (TPSA) is 62.1 Å². The summed E-state index contributed by atoms with van der Waals surface area (Å²) in [5.74, 6) is -0.553. The van der Waals surface area contributed by atoms with Gasteiger partial charge in [0.1, 0.15) is 5.75 Å². The van der Waals surface area contributed by atoms with Gasteiger partial charge in [0.25, 0.3) is 11.6 Å². The number of hydrogen-bond donors (Lipinski definition) is 1. The van der Waals surface area contributed by atoms with Crippen LogP contribution in [0.1, 0.15) is 36.5 Å². The molecule has 0 spiro atoms. The molecule has 1 aliphatic rings. The second-order valence-corrected chi connectivity index (χ2v) is 5.25. The van der Waals surface area contributed by atoms with Crippen molar-refractivity contribution in [2.75, 3.05) is 7.11 Å². The number of carbonyl (C=O) groups is 1. The number of methoxy groups -OCH3 is 1. The van der Waals surface area contributed by atoms with Crippen molar-refractivity contribution in [1.82, 2.24) is 5.01 Å². The molecule has 0 aromatic heterocycles. The van der Waals surface area contributed by atoms with E-state index in [4.69, 9.17) is 4.74 Å². The van der Waals surface area contributed by atoms with Gasteiger partial charge < -0.3 is 9.84 Å². The van der Waals surface area contributed by atoms with E-state index in [0.29, 0.717) is 12.2 Å². The molecule has 0 radical (unpaired) electrons. The Morgan fingerprint density at radius 3 is 2.48 bits per heavy atom. The molecule has 5 nitrogen and oxygen atoms in total. The van der Waals surface area contributed by atoms with Crippen molar-refractivity contribution in [3.8, 4) is 5.75 Å². The number of hydrazone groups is 1. The van der Waals surface area contributed by atoms with Gasteiger partial charge in [0.15, 0.2) is 0 Å². The molecule has 0 unspecified atom stereocenters. The molecule has 0 saturated carbocycles. The highest BCUT2D eigenvalue weighted by Gasteiger charge is 2.63. The average molecular weight is 330 g/mol. The van der Waals surface area contributed by atoms with E-state index in [1.54, 1.807) is 6.92 Å². The van der Waals surface area contributed by atoms with E-state index in [1.165, 1.54) is 31.4 Å². The number of ether oxygens (including phenoxy) is 1. The minimum atomic E-state index is -5.01. The maximum Gasteiger partial charge on any atom is 0.438 e. The van der Waals surface area contributed by atoms with E-state index in [1.807, 2.05) is 0 Å². The second-order valence-electron chi connectivity index (χ2n) is 5.25. The van der Waals surface area contributed by atoms with E-state index in [9.17, 15) is 23.1 Å². The van der Waals surface area contributed by atoms with E-state index in [0.717, 1.165) is 0 Å². The molecule has 1 atom stereocenters. The first-order chi connectivity index (χ1) is 10.7. The molecule has 23 heavy (non-hydrogen) atoms. The van der Waals surface area contributed by atoms with Crippen molar-refractivity contribution in [2.24, 2.45) is 5.10 Å². The minimum Gasteiger partial charge on any atom is -0.497 e. The monoisotopic (exact) mass is 330 g/mol. The van der Waals surface area contributed by atoms with Gasteiger partial charge in [-0.2, -0.15) is 23.3 Å². The highest BCUT2D eigenvalue weighted by atomic mass is 19.4. The van der Waals surface area contributed by atoms with Crippen LogP contribution in [0.2, 0.25) is 0 Å². The first-order valence-corrected chi connectivity index (χ1v) is 7.07. The van der Waals surface area contributed by atoms with Crippen LogP contribution in [0.15, 0.2) is 29.4 Å². The molecule has 1 aliphatic heterocycles. The van der Waals surface area contributed by atoms with Gasteiger partial charge in [-0.15, -0.1) is 0 Å². The van der Waals surface area contributed by atoms with E-state index in [-0.39, 0.29) is 22.7 Å². The Hall–Kier alpha value is -2.09. The molecule has 126 valence electrons. The van der Waals surface area contributed by atoms with Gasteiger partial charge in [0.05, 0.1) is 7.11 Å². The Labute approximate surface area is 131 Å². The summed E-state index contributed by atoms with van der Waals surface area (Å²) in [5, 5.41) is 13.9. The number of aliphatic hydroxyl groups is 1. The Bertz CT molecular complexity index is 613. The smallest absolute Gasteiger partial charge is 0.438 e. The number of amides is 1. The molecular formula is C15H17F3N2O3. The fourth-order valence-electron chi connectivity index (χ4n) is 2.34. The van der Waals surface area contributed by atoms with Gasteiger partial charge >= 0.3 is 6.18 Å². The van der Waals surface area contributed by atoms with E-state index in [2.05, 4.69) is 5.10 Å². The van der Waals surface area contributed by atoms with Crippen molar-refractivity contribution in [3.05, 3.63) is 29.8 Å². The molecule has 0 saturated heterocycles. The van der Waals surface area contributed by atoms with Crippen LogP contribution < -0.4 is 4.74 Å². The molecule has 1 amide bonds. The third-order valence-electron chi connectivity index (χ3n) is 3.56. The summed E-state index contributed by atoms with van der Waals surface area (Å²) in [6.07, 6.45) is -4.89. The molecular weight excluding hydrogens is 313 g/mol. The standard InChI is InChI=1S/C15H17F3N2O3/c1-3-4-11-9-14(22,15(16,17)18)20(19-11)13(21)10-5-7-12(23-2)8-6-10/h5-8,22H,3-4,9H2,1-2H3/t14-/m1/s1. The second kappa shape index (κ2) is 6.19. The van der Waals surface area contributed by atoms with Crippen LogP contribution in [-0.4, -0.2) is 40.7 Å². The molecule has 1 heterocycles. The van der Waals surface area contributed by atoms with Crippen LogP contribution >= 0.6 is 0 Å². The van der Waals surface area contributed by atoms with Gasteiger partial charge in [0, 0.05) is 17.7 Å². The zero-order chi connectivity index (χ0) is 17.3. The highest BCUT2D eigenvalue weighted by Crippen LogP contribution is 2.41. The molecule has 0 bridgehead atoms. The van der Waals surface area contributed by atoms with Gasteiger partial charge in [-0.1, -0.05) is 13.3 Å². The van der Waals surface area contributed by atoms with Crippen LogP contribution in [0.25, 0.3) is 0 Å². The number of hydrogen-bond acceptors (Lipinski definition) is 4. The molecule has 1 aromatic carbocycles. The van der Waals surface area contributed by atoms with Gasteiger partial charge in [-0.25, -0.2) is 0 Å². The molecule has 2 rings (SSSR count). The highest BCUT2D eigenvalue weighted by molar-refractivity contribution is 5.98. The van der Waals surface area contributed by atoms with Crippen molar-refractivity contribution in [1.29, 1.82) is 0 Å². The van der Waals surface area contributed by atoms with Crippen molar-refractivity contribution < 1.29 is 27.8 Å². The average Bonchev–Trinajstić information content (AvgIpc) is 2.85. The lowest BCUT2D eigenvalue weighted by atomic mass is 10.0. The van der Waals surface area contributed by atoms with E-state index < -0.39 is 24.2 Å². The predicted molar refractivity (Wildman–Crippen MR) is 77.1 cm³/mol. The maximum atomic E-state index is 13.3. The quantitative estimate of drug-likeness (QED) is 0.923. The Kier molecular flexibility index (Phi) is 4.65. The number of nitrogens with zero attached hydrogens (tertiary/aromatic N) is 2. The lowest BCUT2D eigenvalue weighted by Crippen LogP contribution is -2.56. The summed E-state index contributed by atoms with van der Waals surface area (Å²) in [7, 11) is 1.43. The summed E-state index contributed by atoms with van der Waals surface area (Å²) < 4.78 is 44.7. The fraction of sp³-hybridized carbons (Fsp3) is 0.467. The van der Waals surface area contributed by atoms with Crippen LogP contribution in [0.4, 0.5) is 13.2 Å². The van der Waals surface area contributed by atoms with Crippen LogP contribution in [0.3, 0.4) is 0 Å². The third kappa shape index (κ3) is 3.17. The number of rotatable bonds is 4. The van der Waals surface area contributed by atoms with Crippen LogP contribution in [-0.2, 0) is 0 Å². The summed E-state index contributed by atoms with van der Waals surface area (Å²) in [5.41, 5.74) is -3.18. The number of halogens is 3. The van der Waals surface area contributed by atoms with Crippen LogP contribution in [0.5, 0.6) is 5.75 Å². The summed E-state index contributed by atoms with van der Waals surface area (Å²) >= 11 is 0. The largest absolute Gasteiger partial charge is 0.497 e. The Morgan fingerprint density at radius 2 is 2.00 bits per heavy atom. The summed E-state index contributed by atoms with van der Waals surface area (Å²) in [6.45, 7) is 1.78. The molecule has 0 aliphatic carbocycles. The normalized spacial score (nSPS) is 21.3. The van der Waals surface area contributed by atoms with Crippen molar-refractivity contribution >= 4 is 11.6 Å². The molecule has 0 fully saturated rings. The number of alkyl halides is 3. The molecule has 8 heteroatoms. The molecule has 1 N–H and O–H groups in total. The SMILES string of the molecule is CCCC1=NN(C(=O)c2ccc(OC)cc2)[C@](O)(C(F)(F)F)C1.